The summed E-state index contributed by atoms with van der Waals surface area (Å²) >= 11 is 0. The molecule has 0 bridgehead atoms. The summed E-state index contributed by atoms with van der Waals surface area (Å²) in [6, 6.07) is 4.86. The number of H-pyrrole nitrogens is 1. The zero-order valence-electron chi connectivity index (χ0n) is 25.1. The molecule has 2 aromatic rings. The summed E-state index contributed by atoms with van der Waals surface area (Å²) in [5.74, 6) is -2.34. The maximum atomic E-state index is 12.6. The highest BCUT2D eigenvalue weighted by Gasteiger charge is 2.28. The van der Waals surface area contributed by atoms with Crippen LogP contribution in [0.2, 0.25) is 0 Å². The fourth-order valence-corrected chi connectivity index (χ4v) is 3.70. The smallest absolute Gasteiger partial charge is 0.408 e. The third-order valence-corrected chi connectivity index (χ3v) is 5.39. The Labute approximate surface area is 244 Å². The Kier molecular flexibility index (Phi) is 11.5. The molecule has 42 heavy (non-hydrogen) atoms. The predicted octanol–water partition coefficient (Wildman–Crippen LogP) is 3.40. The molecule has 2 rings (SSSR count). The summed E-state index contributed by atoms with van der Waals surface area (Å²) < 4.78 is 25.2. The Bertz CT molecular complexity index is 1320. The van der Waals surface area contributed by atoms with Crippen molar-refractivity contribution >= 4 is 47.1 Å². The topological polar surface area (TPSA) is 171 Å². The van der Waals surface area contributed by atoms with Crippen LogP contribution >= 0.6 is 0 Å². The molecule has 230 valence electrons. The summed E-state index contributed by atoms with van der Waals surface area (Å²) in [6.45, 7) is 9.55. The Morgan fingerprint density at radius 3 is 1.90 bits per heavy atom. The number of carbonyl (C=O) groups excluding carboxylic acids is 5. The van der Waals surface area contributed by atoms with E-state index in [9.17, 15) is 24.0 Å². The summed E-state index contributed by atoms with van der Waals surface area (Å²) in [7, 11) is 2.34. The first-order valence-electron chi connectivity index (χ1n) is 13.1. The first-order chi connectivity index (χ1) is 19.5. The van der Waals surface area contributed by atoms with Crippen molar-refractivity contribution in [3.63, 3.8) is 0 Å². The first kappa shape index (κ1) is 33.7. The highest BCUT2D eigenvalue weighted by Crippen LogP contribution is 2.25. The van der Waals surface area contributed by atoms with Crippen molar-refractivity contribution in [3.8, 4) is 0 Å². The number of amides is 2. The van der Waals surface area contributed by atoms with Crippen molar-refractivity contribution in [2.24, 2.45) is 0 Å². The number of rotatable bonds is 10. The van der Waals surface area contributed by atoms with E-state index in [4.69, 9.17) is 18.9 Å². The number of benzene rings is 1. The Hall–Kier alpha value is -4.55. The monoisotopic (exact) mass is 589 g/mol. The van der Waals surface area contributed by atoms with Gasteiger partial charge >= 0.3 is 30.1 Å². The van der Waals surface area contributed by atoms with Gasteiger partial charge in [0.1, 0.15) is 23.9 Å². The van der Waals surface area contributed by atoms with Crippen LogP contribution in [0.5, 0.6) is 0 Å². The average Bonchev–Trinajstić information content (AvgIpc) is 3.23. The molecule has 0 saturated heterocycles. The molecule has 13 nitrogen and oxygen atoms in total. The van der Waals surface area contributed by atoms with Crippen LogP contribution in [0.3, 0.4) is 0 Å². The van der Waals surface area contributed by atoms with Crippen molar-refractivity contribution in [1.82, 2.24) is 15.6 Å². The number of hydrogen-bond donors (Lipinski definition) is 3. The number of alkyl carbamates (subject to hydrolysis) is 2. The quantitative estimate of drug-likeness (QED) is 0.212. The molecule has 1 aromatic heterocycles. The lowest BCUT2D eigenvalue weighted by molar-refractivity contribution is -0.148. The number of hydrogen-bond acceptors (Lipinski definition) is 10. The van der Waals surface area contributed by atoms with E-state index in [0.29, 0.717) is 16.8 Å². The number of para-hydroxylation sites is 1. The van der Waals surface area contributed by atoms with Crippen molar-refractivity contribution in [2.45, 2.75) is 71.2 Å². The molecule has 1 aromatic carbocycles. The van der Waals surface area contributed by atoms with Crippen LogP contribution in [0, 0.1) is 0 Å². The SMILES string of the molecule is COC(=O)[C@H](COC(=O)/C=C/c1[nH]c2ccccc2c1C[C@H](NC(=O)OC(C)(C)C)C(=O)OC)NC(=O)OC(C)(C)C. The van der Waals surface area contributed by atoms with Crippen LogP contribution < -0.4 is 10.6 Å². The molecule has 0 aliphatic rings. The highest BCUT2D eigenvalue weighted by atomic mass is 16.6. The Morgan fingerprint density at radius 2 is 1.36 bits per heavy atom. The van der Waals surface area contributed by atoms with E-state index in [2.05, 4.69) is 20.4 Å². The van der Waals surface area contributed by atoms with Gasteiger partial charge in [-0.15, -0.1) is 0 Å². The van der Waals surface area contributed by atoms with Crippen LogP contribution in [0.4, 0.5) is 9.59 Å². The van der Waals surface area contributed by atoms with E-state index in [1.165, 1.54) is 13.2 Å². The summed E-state index contributed by atoms with van der Waals surface area (Å²) in [5.41, 5.74) is 0.199. The third kappa shape index (κ3) is 10.8. The molecule has 2 amide bonds. The van der Waals surface area contributed by atoms with Gasteiger partial charge < -0.3 is 39.3 Å². The van der Waals surface area contributed by atoms with Gasteiger partial charge in [0, 0.05) is 29.1 Å². The summed E-state index contributed by atoms with van der Waals surface area (Å²) in [5, 5.41) is 5.61. The molecule has 1 heterocycles. The van der Waals surface area contributed by atoms with Gasteiger partial charge in [-0.3, -0.25) is 0 Å². The Morgan fingerprint density at radius 1 is 0.833 bits per heavy atom. The van der Waals surface area contributed by atoms with Gasteiger partial charge in [0.05, 0.1) is 14.2 Å². The van der Waals surface area contributed by atoms with Gasteiger partial charge in [-0.2, -0.15) is 0 Å². The maximum absolute atomic E-state index is 12.6. The second-order valence-electron chi connectivity index (χ2n) is 11.2. The van der Waals surface area contributed by atoms with Crippen molar-refractivity contribution < 1.29 is 47.7 Å². The maximum Gasteiger partial charge on any atom is 0.408 e. The van der Waals surface area contributed by atoms with E-state index in [-0.39, 0.29) is 6.42 Å². The lowest BCUT2D eigenvalue weighted by Crippen LogP contribution is -2.46. The van der Waals surface area contributed by atoms with Crippen molar-refractivity contribution in [2.75, 3.05) is 20.8 Å². The number of carbonyl (C=O) groups is 5. The third-order valence-electron chi connectivity index (χ3n) is 5.39. The van der Waals surface area contributed by atoms with E-state index in [0.717, 1.165) is 18.6 Å². The molecular formula is C29H39N3O10. The zero-order valence-corrected chi connectivity index (χ0v) is 25.1. The number of ether oxygens (including phenoxy) is 5. The minimum Gasteiger partial charge on any atom is -0.467 e. The number of methoxy groups -OCH3 is 2. The van der Waals surface area contributed by atoms with Crippen LogP contribution in [0.15, 0.2) is 30.3 Å². The van der Waals surface area contributed by atoms with Gasteiger partial charge in [0.15, 0.2) is 6.04 Å². The van der Waals surface area contributed by atoms with Crippen LogP contribution in [-0.2, 0) is 44.5 Å². The highest BCUT2D eigenvalue weighted by molar-refractivity contribution is 5.92. The fourth-order valence-electron chi connectivity index (χ4n) is 3.70. The zero-order chi connectivity index (χ0) is 31.7. The number of aromatic amines is 1. The minimum atomic E-state index is -1.30. The molecule has 0 fully saturated rings. The molecule has 0 aliphatic carbocycles. The van der Waals surface area contributed by atoms with E-state index < -0.39 is 60.0 Å². The largest absolute Gasteiger partial charge is 0.467 e. The van der Waals surface area contributed by atoms with E-state index >= 15 is 0 Å². The van der Waals surface area contributed by atoms with Crippen molar-refractivity contribution in [1.29, 1.82) is 0 Å². The lowest BCUT2D eigenvalue weighted by atomic mass is 10.0. The second kappa shape index (κ2) is 14.4. The first-order valence-corrected chi connectivity index (χ1v) is 13.1. The fraction of sp³-hybridized carbons (Fsp3) is 0.483. The molecule has 0 unspecified atom stereocenters. The van der Waals surface area contributed by atoms with E-state index in [1.807, 2.05) is 18.2 Å². The van der Waals surface area contributed by atoms with Gasteiger partial charge in [-0.25, -0.2) is 24.0 Å². The molecule has 13 heteroatoms. The van der Waals surface area contributed by atoms with Gasteiger partial charge in [0.25, 0.3) is 0 Å². The van der Waals surface area contributed by atoms with Crippen LogP contribution in [-0.4, -0.2) is 79.2 Å². The second-order valence-corrected chi connectivity index (χ2v) is 11.2. The van der Waals surface area contributed by atoms with Gasteiger partial charge in [0.2, 0.25) is 0 Å². The number of esters is 3. The molecule has 2 atom stereocenters. The predicted molar refractivity (Wildman–Crippen MR) is 152 cm³/mol. The van der Waals surface area contributed by atoms with Crippen LogP contribution in [0.25, 0.3) is 17.0 Å². The minimum absolute atomic E-state index is 0.00880. The molecular weight excluding hydrogens is 550 g/mol. The summed E-state index contributed by atoms with van der Waals surface area (Å²) in [4.78, 5) is 64.9. The van der Waals surface area contributed by atoms with Crippen molar-refractivity contribution in [3.05, 3.63) is 41.6 Å². The molecule has 3 N–H and O–H groups in total. The summed E-state index contributed by atoms with van der Waals surface area (Å²) in [6.07, 6.45) is 0.888. The molecule has 0 radical (unpaired) electrons. The van der Waals surface area contributed by atoms with E-state index in [1.54, 1.807) is 47.6 Å². The number of fused-ring (bicyclic) bond motifs is 1. The molecule has 0 saturated carbocycles. The standard InChI is InChI=1S/C29H39N3O10/c1-28(2,3)41-26(36)31-21(24(34)38-7)15-18-17-11-9-10-12-19(17)30-20(18)13-14-23(33)40-16-22(25(35)39-8)32-27(37)42-29(4,5)6/h9-14,21-22,30H,15-16H2,1-8H3,(H,31,36)(H,32,37)/b14-13+/t21-,22-/m0/s1. The molecule has 0 spiro atoms. The number of nitrogens with one attached hydrogen (secondary N) is 3. The van der Waals surface area contributed by atoms with Gasteiger partial charge in [-0.1, -0.05) is 18.2 Å². The number of aromatic nitrogens is 1. The Balaban J connectivity index is 2.24. The lowest BCUT2D eigenvalue weighted by Gasteiger charge is -2.22. The molecule has 0 aliphatic heterocycles. The van der Waals surface area contributed by atoms with Crippen LogP contribution in [0.1, 0.15) is 52.8 Å². The van der Waals surface area contributed by atoms with Gasteiger partial charge in [-0.05, 0) is 59.2 Å². The normalized spacial score (nSPS) is 13.1. The average molecular weight is 590 g/mol.